The van der Waals surface area contributed by atoms with E-state index in [0.717, 1.165) is 12.8 Å². The summed E-state index contributed by atoms with van der Waals surface area (Å²) in [4.78, 5) is 16.2. The lowest BCUT2D eigenvalue weighted by atomic mass is 9.76. The number of nitrogens with zero attached hydrogens (tertiary/aromatic N) is 1. The summed E-state index contributed by atoms with van der Waals surface area (Å²) in [5, 5.41) is 10.1. The highest BCUT2D eigenvalue weighted by Gasteiger charge is 2.28. The largest absolute Gasteiger partial charge is 0.387 e. The van der Waals surface area contributed by atoms with Gasteiger partial charge in [0.05, 0.1) is 17.2 Å². The van der Waals surface area contributed by atoms with Crippen LogP contribution in [0.2, 0.25) is 0 Å². The van der Waals surface area contributed by atoms with E-state index in [4.69, 9.17) is 11.1 Å². The average Bonchev–Trinajstić information content (AvgIpc) is 2.42. The van der Waals surface area contributed by atoms with E-state index in [1.165, 1.54) is 12.6 Å². The topological polar surface area (TPSA) is 91.3 Å². The molecule has 0 saturated heterocycles. The molecule has 1 aliphatic carbocycles. The van der Waals surface area contributed by atoms with Crippen molar-refractivity contribution in [2.45, 2.75) is 19.3 Å². The number of para-hydroxylation sites is 1. The van der Waals surface area contributed by atoms with Crippen molar-refractivity contribution in [1.29, 1.82) is 5.41 Å². The van der Waals surface area contributed by atoms with Crippen LogP contribution in [0.15, 0.2) is 29.3 Å². The monoisotopic (exact) mass is 272 g/mol. The molecule has 1 aromatic rings. The van der Waals surface area contributed by atoms with E-state index in [9.17, 15) is 4.79 Å². The molecule has 1 aliphatic rings. The smallest absolute Gasteiger partial charge is 0.253 e. The minimum Gasteiger partial charge on any atom is -0.387 e. The van der Waals surface area contributed by atoms with Crippen molar-refractivity contribution in [3.05, 3.63) is 29.8 Å². The molecule has 1 atom stereocenters. The second-order valence-corrected chi connectivity index (χ2v) is 5.02. The predicted octanol–water partition coefficient (Wildman–Crippen LogP) is 2.10. The molecule has 1 amide bonds. The zero-order valence-electron chi connectivity index (χ0n) is 11.6. The number of carbonyl (C=O) groups excluding carboxylic acids is 1. The minimum absolute atomic E-state index is 0.124. The molecule has 1 saturated carbocycles. The van der Waals surface area contributed by atoms with E-state index < -0.39 is 0 Å². The fourth-order valence-electron chi connectivity index (χ4n) is 2.37. The van der Waals surface area contributed by atoms with Gasteiger partial charge in [0.15, 0.2) is 0 Å². The maximum Gasteiger partial charge on any atom is 0.253 e. The molecule has 0 radical (unpaired) electrons. The van der Waals surface area contributed by atoms with Gasteiger partial charge in [-0.15, -0.1) is 0 Å². The Hall–Kier alpha value is -2.17. The van der Waals surface area contributed by atoms with Crippen LogP contribution in [0.25, 0.3) is 0 Å². The van der Waals surface area contributed by atoms with Crippen LogP contribution >= 0.6 is 0 Å². The number of nitrogens with two attached hydrogens (primary N) is 1. The highest BCUT2D eigenvalue weighted by atomic mass is 16.1. The standard InChI is InChI=1S/C15H20N4O/c1-18-15(20)11-7-2-3-8-13(11)19-14(17)12(9-16)10-5-4-6-10/h2-3,7-10,12,16H,4-6H2,1H3,(H2,17,19)(H,18,20). The molecule has 5 nitrogen and oxygen atoms in total. The van der Waals surface area contributed by atoms with Gasteiger partial charge in [-0.1, -0.05) is 18.6 Å². The molecule has 1 unspecified atom stereocenters. The first-order chi connectivity index (χ1) is 9.67. The van der Waals surface area contributed by atoms with Crippen molar-refractivity contribution < 1.29 is 4.79 Å². The van der Waals surface area contributed by atoms with Gasteiger partial charge in [0.1, 0.15) is 5.84 Å². The fraction of sp³-hybridized carbons (Fsp3) is 0.400. The first kappa shape index (κ1) is 14.2. The number of amides is 1. The summed E-state index contributed by atoms with van der Waals surface area (Å²) < 4.78 is 0. The quantitative estimate of drug-likeness (QED) is 0.566. The molecule has 1 aromatic carbocycles. The van der Waals surface area contributed by atoms with Crippen LogP contribution < -0.4 is 11.1 Å². The summed E-state index contributed by atoms with van der Waals surface area (Å²) in [6.07, 6.45) is 4.74. The third-order valence-electron chi connectivity index (χ3n) is 3.80. The molecule has 0 aromatic heterocycles. The van der Waals surface area contributed by atoms with E-state index >= 15 is 0 Å². The summed E-state index contributed by atoms with van der Waals surface area (Å²) in [6.45, 7) is 0. The van der Waals surface area contributed by atoms with Crippen LogP contribution in [0.5, 0.6) is 0 Å². The van der Waals surface area contributed by atoms with Crippen LogP contribution in [0.3, 0.4) is 0 Å². The number of hydrogen-bond donors (Lipinski definition) is 3. The zero-order valence-corrected chi connectivity index (χ0v) is 11.6. The van der Waals surface area contributed by atoms with Gasteiger partial charge < -0.3 is 16.5 Å². The van der Waals surface area contributed by atoms with Gasteiger partial charge >= 0.3 is 0 Å². The van der Waals surface area contributed by atoms with Crippen LogP contribution in [-0.2, 0) is 0 Å². The zero-order chi connectivity index (χ0) is 14.5. The highest BCUT2D eigenvalue weighted by Crippen LogP contribution is 2.33. The number of hydrogen-bond acceptors (Lipinski definition) is 3. The van der Waals surface area contributed by atoms with Gasteiger partial charge in [0.25, 0.3) is 5.91 Å². The predicted molar refractivity (Wildman–Crippen MR) is 80.7 cm³/mol. The molecule has 0 bridgehead atoms. The number of benzene rings is 1. The van der Waals surface area contributed by atoms with Gasteiger partial charge in [0, 0.05) is 13.3 Å². The Morgan fingerprint density at radius 1 is 1.50 bits per heavy atom. The number of carbonyl (C=O) groups is 1. The molecule has 106 valence electrons. The van der Waals surface area contributed by atoms with Crippen molar-refractivity contribution in [3.8, 4) is 0 Å². The Morgan fingerprint density at radius 2 is 2.20 bits per heavy atom. The minimum atomic E-state index is -0.188. The average molecular weight is 272 g/mol. The van der Waals surface area contributed by atoms with E-state index in [1.807, 2.05) is 6.07 Å². The van der Waals surface area contributed by atoms with Crippen molar-refractivity contribution in [2.24, 2.45) is 22.6 Å². The Kier molecular flexibility index (Phi) is 4.50. The highest BCUT2D eigenvalue weighted by molar-refractivity contribution is 6.02. The second kappa shape index (κ2) is 6.32. The maximum absolute atomic E-state index is 11.8. The Morgan fingerprint density at radius 3 is 2.75 bits per heavy atom. The van der Waals surface area contributed by atoms with Crippen LogP contribution in [-0.4, -0.2) is 25.0 Å². The molecule has 4 N–H and O–H groups in total. The SMILES string of the molecule is CNC(=O)c1ccccc1N=C(N)C(C=N)C1CCC1. The molecule has 1 fully saturated rings. The molecule has 20 heavy (non-hydrogen) atoms. The van der Waals surface area contributed by atoms with Crippen LogP contribution in [0, 0.1) is 17.2 Å². The summed E-state index contributed by atoms with van der Waals surface area (Å²) in [5.74, 6) is 0.526. The van der Waals surface area contributed by atoms with E-state index in [1.54, 1.807) is 25.2 Å². The van der Waals surface area contributed by atoms with Gasteiger partial charge in [-0.05, 0) is 30.9 Å². The molecule has 2 rings (SSSR count). The van der Waals surface area contributed by atoms with E-state index in [0.29, 0.717) is 23.0 Å². The van der Waals surface area contributed by atoms with Crippen molar-refractivity contribution in [3.63, 3.8) is 0 Å². The van der Waals surface area contributed by atoms with Crippen molar-refractivity contribution in [2.75, 3.05) is 7.05 Å². The normalized spacial score (nSPS) is 17.1. The summed E-state index contributed by atoms with van der Waals surface area (Å²) in [5.41, 5.74) is 7.10. The van der Waals surface area contributed by atoms with Gasteiger partial charge in [-0.3, -0.25) is 4.79 Å². The van der Waals surface area contributed by atoms with Crippen LogP contribution in [0.4, 0.5) is 5.69 Å². The molecule has 0 spiro atoms. The first-order valence-electron chi connectivity index (χ1n) is 6.83. The summed E-state index contributed by atoms with van der Waals surface area (Å²) in [6, 6.07) is 7.09. The Bertz CT molecular complexity index is 534. The Labute approximate surface area is 118 Å². The van der Waals surface area contributed by atoms with Gasteiger partial charge in [-0.25, -0.2) is 4.99 Å². The second-order valence-electron chi connectivity index (χ2n) is 5.02. The lowest BCUT2D eigenvalue weighted by Crippen LogP contribution is -2.34. The molecule has 5 heteroatoms. The van der Waals surface area contributed by atoms with Crippen LogP contribution in [0.1, 0.15) is 29.6 Å². The van der Waals surface area contributed by atoms with E-state index in [-0.39, 0.29) is 11.8 Å². The summed E-state index contributed by atoms with van der Waals surface area (Å²) in [7, 11) is 1.58. The Balaban J connectivity index is 2.29. The third-order valence-corrected chi connectivity index (χ3v) is 3.80. The third kappa shape index (κ3) is 2.87. The lowest BCUT2D eigenvalue weighted by molar-refractivity contribution is 0.0964. The maximum atomic E-state index is 11.8. The first-order valence-corrected chi connectivity index (χ1v) is 6.83. The number of rotatable bonds is 5. The molecular weight excluding hydrogens is 252 g/mol. The molecular formula is C15H20N4O. The van der Waals surface area contributed by atoms with Gasteiger partial charge in [0.2, 0.25) is 0 Å². The molecule has 0 heterocycles. The summed E-state index contributed by atoms with van der Waals surface area (Å²) >= 11 is 0. The van der Waals surface area contributed by atoms with E-state index in [2.05, 4.69) is 10.3 Å². The number of aliphatic imine (C=N–C) groups is 1. The number of amidine groups is 1. The van der Waals surface area contributed by atoms with Crippen molar-refractivity contribution in [1.82, 2.24) is 5.32 Å². The fourth-order valence-corrected chi connectivity index (χ4v) is 2.37. The van der Waals surface area contributed by atoms with Gasteiger partial charge in [-0.2, -0.15) is 0 Å². The molecule has 0 aliphatic heterocycles. The number of nitrogens with one attached hydrogen (secondary N) is 2. The van der Waals surface area contributed by atoms with Crippen molar-refractivity contribution >= 4 is 23.6 Å². The lowest BCUT2D eigenvalue weighted by Gasteiger charge is -2.30.